The van der Waals surface area contributed by atoms with E-state index in [2.05, 4.69) is 10.3 Å². The summed E-state index contributed by atoms with van der Waals surface area (Å²) in [6.45, 7) is 4.02. The molecule has 2 rings (SSSR count). The Kier molecular flexibility index (Phi) is 4.51. The van der Waals surface area contributed by atoms with Crippen LogP contribution in [-0.2, 0) is 0 Å². The van der Waals surface area contributed by atoms with Crippen LogP contribution < -0.4 is 5.32 Å². The Balaban J connectivity index is 2.08. The van der Waals surface area contributed by atoms with E-state index in [1.807, 2.05) is 38.1 Å². The summed E-state index contributed by atoms with van der Waals surface area (Å²) < 4.78 is 13.4. The molecular weight excluding hydrogens is 263 g/mol. The number of hydrogen-bond acceptors (Lipinski definition) is 2. The second kappa shape index (κ2) is 6.13. The number of benzene rings is 1. The van der Waals surface area contributed by atoms with Crippen LogP contribution in [0.5, 0.6) is 0 Å². The molecule has 0 aliphatic rings. The van der Waals surface area contributed by atoms with Crippen LogP contribution >= 0.6 is 11.6 Å². The van der Waals surface area contributed by atoms with Gasteiger partial charge in [-0.25, -0.2) is 4.39 Å². The molecule has 1 aromatic heterocycles. The molecule has 2 aromatic rings. The lowest BCUT2D eigenvalue weighted by molar-refractivity contribution is 0.484. The maximum Gasteiger partial charge on any atom is 0.142 e. The number of hydrogen-bond donors (Lipinski definition) is 1. The van der Waals surface area contributed by atoms with E-state index >= 15 is 0 Å². The van der Waals surface area contributed by atoms with Crippen LogP contribution in [0.4, 0.5) is 4.39 Å². The molecule has 1 aromatic carbocycles. The van der Waals surface area contributed by atoms with E-state index < -0.39 is 5.82 Å². The van der Waals surface area contributed by atoms with Gasteiger partial charge < -0.3 is 5.32 Å². The topological polar surface area (TPSA) is 24.9 Å². The van der Waals surface area contributed by atoms with Crippen molar-refractivity contribution in [3.8, 4) is 0 Å². The van der Waals surface area contributed by atoms with Crippen LogP contribution in [0.3, 0.4) is 0 Å². The molecule has 0 spiro atoms. The summed E-state index contributed by atoms with van der Waals surface area (Å²) in [6, 6.07) is 10.8. The number of rotatable bonds is 4. The van der Waals surface area contributed by atoms with Crippen LogP contribution in [0.15, 0.2) is 42.6 Å². The molecule has 0 aliphatic carbocycles. The first kappa shape index (κ1) is 14.0. The minimum absolute atomic E-state index is 0.0174. The lowest BCUT2D eigenvalue weighted by Gasteiger charge is -2.20. The molecule has 100 valence electrons. The summed E-state index contributed by atoms with van der Waals surface area (Å²) in [5.41, 5.74) is 1.83. The molecule has 19 heavy (non-hydrogen) atoms. The zero-order valence-corrected chi connectivity index (χ0v) is 11.7. The zero-order chi connectivity index (χ0) is 13.8. The molecule has 4 heteroatoms. The summed E-state index contributed by atoms with van der Waals surface area (Å²) >= 11 is 5.68. The Labute approximate surface area is 117 Å². The maximum atomic E-state index is 13.4. The first-order valence-electron chi connectivity index (χ1n) is 6.20. The zero-order valence-electron chi connectivity index (χ0n) is 10.9. The standard InChI is InChI=1S/C15H16ClFN2/c1-10(12-6-7-13(16)14(17)9-12)19-11(2)15-5-3-4-8-18-15/h3-11,19H,1-2H3. The largest absolute Gasteiger partial charge is 0.302 e. The fourth-order valence-corrected chi connectivity index (χ4v) is 2.09. The van der Waals surface area contributed by atoms with Crippen molar-refractivity contribution in [3.05, 3.63) is 64.7 Å². The molecule has 0 radical (unpaired) electrons. The maximum absolute atomic E-state index is 13.4. The van der Waals surface area contributed by atoms with Crippen LogP contribution in [-0.4, -0.2) is 4.98 Å². The first-order chi connectivity index (χ1) is 9.08. The minimum Gasteiger partial charge on any atom is -0.302 e. The van der Waals surface area contributed by atoms with Gasteiger partial charge in [-0.15, -0.1) is 0 Å². The minimum atomic E-state index is -0.390. The highest BCUT2D eigenvalue weighted by Crippen LogP contribution is 2.22. The van der Waals surface area contributed by atoms with Gasteiger partial charge in [0.25, 0.3) is 0 Å². The first-order valence-corrected chi connectivity index (χ1v) is 6.57. The molecule has 1 heterocycles. The van der Waals surface area contributed by atoms with Gasteiger partial charge in [0.1, 0.15) is 5.82 Å². The quantitative estimate of drug-likeness (QED) is 0.903. The monoisotopic (exact) mass is 278 g/mol. The van der Waals surface area contributed by atoms with Crippen molar-refractivity contribution in [2.45, 2.75) is 25.9 Å². The molecule has 0 aliphatic heterocycles. The van der Waals surface area contributed by atoms with Gasteiger partial charge in [-0.3, -0.25) is 4.98 Å². The average Bonchev–Trinajstić information content (AvgIpc) is 2.42. The van der Waals surface area contributed by atoms with Gasteiger partial charge in [0, 0.05) is 18.3 Å². The summed E-state index contributed by atoms with van der Waals surface area (Å²) in [6.07, 6.45) is 1.76. The van der Waals surface area contributed by atoms with Gasteiger partial charge in [-0.05, 0) is 43.7 Å². The molecule has 0 saturated heterocycles. The van der Waals surface area contributed by atoms with E-state index in [-0.39, 0.29) is 17.1 Å². The van der Waals surface area contributed by atoms with Crippen LogP contribution in [0, 0.1) is 5.82 Å². The number of nitrogens with zero attached hydrogens (tertiary/aromatic N) is 1. The van der Waals surface area contributed by atoms with E-state index in [9.17, 15) is 4.39 Å². The third-order valence-corrected chi connectivity index (χ3v) is 3.38. The smallest absolute Gasteiger partial charge is 0.142 e. The number of aromatic nitrogens is 1. The fraction of sp³-hybridized carbons (Fsp3) is 0.267. The molecule has 2 atom stereocenters. The summed E-state index contributed by atoms with van der Waals surface area (Å²) in [5, 5.41) is 3.53. The fourth-order valence-electron chi connectivity index (χ4n) is 1.97. The second-order valence-electron chi connectivity index (χ2n) is 4.54. The Morgan fingerprint density at radius 2 is 1.95 bits per heavy atom. The van der Waals surface area contributed by atoms with Crippen LogP contribution in [0.2, 0.25) is 5.02 Å². The van der Waals surface area contributed by atoms with Crippen molar-refractivity contribution < 1.29 is 4.39 Å². The highest BCUT2D eigenvalue weighted by atomic mass is 35.5. The molecule has 0 fully saturated rings. The molecule has 2 nitrogen and oxygen atoms in total. The van der Waals surface area contributed by atoms with Gasteiger partial charge in [0.2, 0.25) is 0 Å². The van der Waals surface area contributed by atoms with Crippen molar-refractivity contribution in [1.82, 2.24) is 10.3 Å². The SMILES string of the molecule is CC(NC(C)c1ccccn1)c1ccc(Cl)c(F)c1. The van der Waals surface area contributed by atoms with Crippen molar-refractivity contribution in [2.75, 3.05) is 0 Å². The number of pyridine rings is 1. The highest BCUT2D eigenvalue weighted by Gasteiger charge is 2.13. The van der Waals surface area contributed by atoms with E-state index in [1.165, 1.54) is 6.07 Å². The van der Waals surface area contributed by atoms with Gasteiger partial charge in [-0.2, -0.15) is 0 Å². The number of nitrogens with one attached hydrogen (secondary N) is 1. The van der Waals surface area contributed by atoms with Gasteiger partial charge in [0.15, 0.2) is 0 Å². The van der Waals surface area contributed by atoms with E-state index in [0.29, 0.717) is 0 Å². The van der Waals surface area contributed by atoms with Crippen LogP contribution in [0.25, 0.3) is 0 Å². The Hall–Kier alpha value is -1.45. The molecule has 0 bridgehead atoms. The molecule has 2 unspecified atom stereocenters. The predicted molar refractivity (Wildman–Crippen MR) is 75.6 cm³/mol. The molecular formula is C15H16ClFN2. The van der Waals surface area contributed by atoms with E-state index in [0.717, 1.165) is 11.3 Å². The highest BCUT2D eigenvalue weighted by molar-refractivity contribution is 6.30. The molecule has 0 amide bonds. The van der Waals surface area contributed by atoms with Gasteiger partial charge in [0.05, 0.1) is 10.7 Å². The second-order valence-corrected chi connectivity index (χ2v) is 4.95. The van der Waals surface area contributed by atoms with E-state index in [4.69, 9.17) is 11.6 Å². The average molecular weight is 279 g/mol. The van der Waals surface area contributed by atoms with Gasteiger partial charge >= 0.3 is 0 Å². The van der Waals surface area contributed by atoms with Crippen LogP contribution in [0.1, 0.15) is 37.2 Å². The van der Waals surface area contributed by atoms with Crippen molar-refractivity contribution in [2.24, 2.45) is 0 Å². The Morgan fingerprint density at radius 3 is 2.58 bits per heavy atom. The summed E-state index contributed by atoms with van der Waals surface area (Å²) in [5.74, 6) is -0.390. The van der Waals surface area contributed by atoms with Crippen molar-refractivity contribution in [1.29, 1.82) is 0 Å². The lowest BCUT2D eigenvalue weighted by atomic mass is 10.1. The van der Waals surface area contributed by atoms with E-state index in [1.54, 1.807) is 12.3 Å². The van der Waals surface area contributed by atoms with Gasteiger partial charge in [-0.1, -0.05) is 23.7 Å². The third kappa shape index (κ3) is 3.52. The predicted octanol–water partition coefficient (Wildman–Crippen LogP) is 4.29. The summed E-state index contributed by atoms with van der Waals surface area (Å²) in [7, 11) is 0. The molecule has 0 saturated carbocycles. The van der Waals surface area contributed by atoms with Crippen molar-refractivity contribution in [3.63, 3.8) is 0 Å². The number of halogens is 2. The third-order valence-electron chi connectivity index (χ3n) is 3.08. The Morgan fingerprint density at radius 1 is 1.16 bits per heavy atom. The Bertz CT molecular complexity index is 545. The normalized spacial score (nSPS) is 14.1. The lowest BCUT2D eigenvalue weighted by Crippen LogP contribution is -2.23. The summed E-state index contributed by atoms with van der Waals surface area (Å²) in [4.78, 5) is 4.30. The van der Waals surface area contributed by atoms with Crippen molar-refractivity contribution >= 4 is 11.6 Å². The molecule has 1 N–H and O–H groups in total.